The molecule has 0 radical (unpaired) electrons. The van der Waals surface area contributed by atoms with E-state index < -0.39 is 23.2 Å². The normalized spacial score (nSPS) is 11.0. The molecule has 1 aromatic rings. The number of benzene rings is 1. The van der Waals surface area contributed by atoms with Gasteiger partial charge in [0.1, 0.15) is 11.4 Å². The summed E-state index contributed by atoms with van der Waals surface area (Å²) in [6, 6.07) is 1.92. The van der Waals surface area contributed by atoms with Crippen LogP contribution in [0.1, 0.15) is 5.56 Å². The van der Waals surface area contributed by atoms with Crippen molar-refractivity contribution in [2.75, 3.05) is 0 Å². The highest BCUT2D eigenvalue weighted by atomic mass is 79.9. The van der Waals surface area contributed by atoms with Gasteiger partial charge in [-0.15, -0.1) is 0 Å². The average molecular weight is 284 g/mol. The predicted molar refractivity (Wildman–Crippen MR) is 47.9 cm³/mol. The predicted octanol–water partition coefficient (Wildman–Crippen LogP) is 4.55. The highest BCUT2D eigenvalue weighted by Gasteiger charge is 2.37. The molecule has 0 aromatic heterocycles. The second-order valence-corrected chi connectivity index (χ2v) is 3.30. The van der Waals surface area contributed by atoms with E-state index >= 15 is 0 Å². The van der Waals surface area contributed by atoms with Crippen LogP contribution in [-0.4, -0.2) is 0 Å². The number of hydrogen-bond acceptors (Lipinski definition) is 1. The average Bonchev–Trinajstić information content (AvgIpc) is 2.10. The topological polar surface area (TPSA) is 48.8 Å². The van der Waals surface area contributed by atoms with Gasteiger partial charge in [0.25, 0.3) is 0 Å². The molecule has 0 heterocycles. The maximum absolute atomic E-state index is 13.1. The van der Waals surface area contributed by atoms with E-state index in [0.29, 0.717) is 0 Å². The standard InChI is InChI=1S/C7H2BrF4N3/c8-3-1-2-4(14-15-13)5(6(3)9)7(10,11)12/h1-2H. The van der Waals surface area contributed by atoms with Crippen molar-refractivity contribution in [3.8, 4) is 0 Å². The summed E-state index contributed by atoms with van der Waals surface area (Å²) < 4.78 is 49.9. The van der Waals surface area contributed by atoms with Crippen LogP contribution in [0.15, 0.2) is 21.7 Å². The highest BCUT2D eigenvalue weighted by Crippen LogP contribution is 2.40. The molecule has 0 aliphatic heterocycles. The van der Waals surface area contributed by atoms with Gasteiger partial charge in [-0.05, 0) is 27.5 Å². The van der Waals surface area contributed by atoms with Crippen molar-refractivity contribution in [3.63, 3.8) is 0 Å². The zero-order valence-corrected chi connectivity index (χ0v) is 8.47. The first kappa shape index (κ1) is 11.8. The third-order valence-electron chi connectivity index (χ3n) is 1.51. The van der Waals surface area contributed by atoms with E-state index in [0.717, 1.165) is 12.1 Å². The first-order chi connectivity index (χ1) is 6.88. The van der Waals surface area contributed by atoms with E-state index in [1.807, 2.05) is 0 Å². The van der Waals surface area contributed by atoms with Crippen LogP contribution in [0.4, 0.5) is 23.2 Å². The van der Waals surface area contributed by atoms with Crippen molar-refractivity contribution >= 4 is 21.6 Å². The van der Waals surface area contributed by atoms with Crippen molar-refractivity contribution in [3.05, 3.63) is 38.4 Å². The maximum atomic E-state index is 13.1. The summed E-state index contributed by atoms with van der Waals surface area (Å²) in [5, 5.41) is 2.77. The van der Waals surface area contributed by atoms with E-state index in [4.69, 9.17) is 5.53 Å². The lowest BCUT2D eigenvalue weighted by Crippen LogP contribution is -2.08. The minimum Gasteiger partial charge on any atom is -0.205 e. The Labute approximate surface area is 89.5 Å². The molecule has 0 spiro atoms. The Bertz CT molecular complexity index is 437. The van der Waals surface area contributed by atoms with Gasteiger partial charge >= 0.3 is 6.18 Å². The highest BCUT2D eigenvalue weighted by molar-refractivity contribution is 9.10. The number of halogens is 5. The Balaban J connectivity index is 3.56. The molecule has 0 saturated carbocycles. The lowest BCUT2D eigenvalue weighted by molar-refractivity contribution is -0.139. The van der Waals surface area contributed by atoms with E-state index in [2.05, 4.69) is 26.0 Å². The van der Waals surface area contributed by atoms with Gasteiger partial charge in [0.05, 0.1) is 10.2 Å². The van der Waals surface area contributed by atoms with Crippen LogP contribution in [0, 0.1) is 5.82 Å². The number of nitrogens with zero attached hydrogens (tertiary/aromatic N) is 3. The Morgan fingerprint density at radius 1 is 1.33 bits per heavy atom. The van der Waals surface area contributed by atoms with Crippen LogP contribution in [0.25, 0.3) is 10.4 Å². The first-order valence-electron chi connectivity index (χ1n) is 3.48. The molecule has 8 heteroatoms. The lowest BCUT2D eigenvalue weighted by atomic mass is 10.1. The van der Waals surface area contributed by atoms with Gasteiger partial charge in [-0.3, -0.25) is 0 Å². The van der Waals surface area contributed by atoms with Crippen molar-refractivity contribution in [2.45, 2.75) is 6.18 Å². The summed E-state index contributed by atoms with van der Waals surface area (Å²) in [5.41, 5.74) is 5.67. The molecule has 0 fully saturated rings. The maximum Gasteiger partial charge on any atom is 0.419 e. The van der Waals surface area contributed by atoms with Gasteiger partial charge in [0.15, 0.2) is 0 Å². The molecule has 0 unspecified atom stereocenters. The Morgan fingerprint density at radius 3 is 2.40 bits per heavy atom. The largest absolute Gasteiger partial charge is 0.419 e. The first-order valence-corrected chi connectivity index (χ1v) is 4.27. The van der Waals surface area contributed by atoms with Crippen LogP contribution in [0.2, 0.25) is 0 Å². The molecule has 0 saturated heterocycles. The molecule has 1 rings (SSSR count). The van der Waals surface area contributed by atoms with E-state index in [-0.39, 0.29) is 4.47 Å². The van der Waals surface area contributed by atoms with Gasteiger partial charge in [0.2, 0.25) is 0 Å². The number of azide groups is 1. The summed E-state index contributed by atoms with van der Waals surface area (Å²) in [5.74, 6) is -1.49. The second kappa shape index (κ2) is 4.08. The zero-order chi connectivity index (χ0) is 11.6. The van der Waals surface area contributed by atoms with Crippen LogP contribution in [0.5, 0.6) is 0 Å². The zero-order valence-electron chi connectivity index (χ0n) is 6.89. The SMILES string of the molecule is [N-]=[N+]=Nc1ccc(Br)c(F)c1C(F)(F)F. The molecule has 15 heavy (non-hydrogen) atoms. The molecule has 0 amide bonds. The van der Waals surface area contributed by atoms with Crippen LogP contribution in [-0.2, 0) is 6.18 Å². The molecule has 3 nitrogen and oxygen atoms in total. The third kappa shape index (κ3) is 2.40. The minimum atomic E-state index is -4.91. The van der Waals surface area contributed by atoms with Gasteiger partial charge < -0.3 is 0 Å². The van der Waals surface area contributed by atoms with Crippen molar-refractivity contribution < 1.29 is 17.6 Å². The van der Waals surface area contributed by atoms with E-state index in [9.17, 15) is 17.6 Å². The summed E-state index contributed by atoms with van der Waals surface area (Å²) in [4.78, 5) is 2.19. The quantitative estimate of drug-likeness (QED) is 0.314. The van der Waals surface area contributed by atoms with E-state index in [1.54, 1.807) is 0 Å². The fraction of sp³-hybridized carbons (Fsp3) is 0.143. The van der Waals surface area contributed by atoms with Gasteiger partial charge in [-0.2, -0.15) is 13.2 Å². The fourth-order valence-corrected chi connectivity index (χ4v) is 1.27. The van der Waals surface area contributed by atoms with Gasteiger partial charge in [-0.25, -0.2) is 4.39 Å². The van der Waals surface area contributed by atoms with E-state index in [1.165, 1.54) is 0 Å². The minimum absolute atomic E-state index is 0.341. The molecule has 0 N–H and O–H groups in total. The summed E-state index contributed by atoms with van der Waals surface area (Å²) in [6.07, 6.45) is -4.91. The number of rotatable bonds is 1. The molecular weight excluding hydrogens is 282 g/mol. The second-order valence-electron chi connectivity index (χ2n) is 2.44. The Kier molecular flexibility index (Phi) is 3.21. The smallest absolute Gasteiger partial charge is 0.205 e. The molecule has 0 atom stereocenters. The summed E-state index contributed by atoms with van der Waals surface area (Å²) in [7, 11) is 0. The molecular formula is C7H2BrF4N3. The van der Waals surface area contributed by atoms with Crippen LogP contribution in [0.3, 0.4) is 0 Å². The van der Waals surface area contributed by atoms with Crippen molar-refractivity contribution in [1.82, 2.24) is 0 Å². The Hall–Kier alpha value is -1.27. The van der Waals surface area contributed by atoms with Crippen LogP contribution >= 0.6 is 15.9 Å². The lowest BCUT2D eigenvalue weighted by Gasteiger charge is -2.11. The Morgan fingerprint density at radius 2 is 1.93 bits per heavy atom. The van der Waals surface area contributed by atoms with Crippen molar-refractivity contribution in [1.29, 1.82) is 0 Å². The molecule has 0 aliphatic rings. The molecule has 80 valence electrons. The molecule has 1 aromatic carbocycles. The summed E-state index contributed by atoms with van der Waals surface area (Å²) >= 11 is 2.61. The monoisotopic (exact) mass is 283 g/mol. The van der Waals surface area contributed by atoms with Crippen molar-refractivity contribution in [2.24, 2.45) is 5.11 Å². The number of alkyl halides is 3. The molecule has 0 bridgehead atoms. The fourth-order valence-electron chi connectivity index (χ4n) is 0.942. The van der Waals surface area contributed by atoms with Gasteiger partial charge in [-0.1, -0.05) is 11.2 Å². The number of hydrogen-bond donors (Lipinski definition) is 0. The van der Waals surface area contributed by atoms with Gasteiger partial charge in [0, 0.05) is 4.91 Å². The molecule has 0 aliphatic carbocycles. The van der Waals surface area contributed by atoms with Crippen LogP contribution < -0.4 is 0 Å². The third-order valence-corrected chi connectivity index (χ3v) is 2.12. The summed E-state index contributed by atoms with van der Waals surface area (Å²) in [6.45, 7) is 0.